The van der Waals surface area contributed by atoms with Gasteiger partial charge < -0.3 is 15.4 Å². The van der Waals surface area contributed by atoms with E-state index in [1.54, 1.807) is 0 Å². The second kappa shape index (κ2) is 6.78. The largest absolute Gasteiger partial charge is 0.444 e. The number of likely N-dealkylation sites (N-methyl/N-ethyl adjacent to an activating group) is 1. The lowest BCUT2D eigenvalue weighted by atomic mass is 9.96. The number of nitrogens with one attached hydrogen (secondary N) is 2. The first-order valence-electron chi connectivity index (χ1n) is 6.74. The number of hydrogen-bond acceptors (Lipinski definition) is 3. The molecule has 0 unspecified atom stereocenters. The summed E-state index contributed by atoms with van der Waals surface area (Å²) in [6.45, 7) is 5.63. The van der Waals surface area contributed by atoms with Crippen LogP contribution in [0.2, 0.25) is 0 Å². The number of allylic oxidation sites excluding steroid dienone is 1. The maximum Gasteiger partial charge on any atom is 0.407 e. The summed E-state index contributed by atoms with van der Waals surface area (Å²) in [5.41, 5.74) is -0.448. The van der Waals surface area contributed by atoms with Crippen LogP contribution in [0.15, 0.2) is 12.2 Å². The van der Waals surface area contributed by atoms with Gasteiger partial charge in [0.25, 0.3) is 0 Å². The molecule has 104 valence electrons. The summed E-state index contributed by atoms with van der Waals surface area (Å²) in [7, 11) is 1.94. The molecule has 1 aliphatic carbocycles. The third-order valence-electron chi connectivity index (χ3n) is 3.00. The zero-order chi connectivity index (χ0) is 13.6. The van der Waals surface area contributed by atoms with Crippen LogP contribution in [0.5, 0.6) is 0 Å². The summed E-state index contributed by atoms with van der Waals surface area (Å²) in [5.74, 6) is 0. The third-order valence-corrected chi connectivity index (χ3v) is 3.00. The predicted octanol–water partition coefficient (Wildman–Crippen LogP) is 2.60. The van der Waals surface area contributed by atoms with Gasteiger partial charge in [-0.05, 0) is 53.5 Å². The summed E-state index contributed by atoms with van der Waals surface area (Å²) in [4.78, 5) is 11.8. The highest BCUT2D eigenvalue weighted by atomic mass is 16.6. The molecule has 0 spiro atoms. The minimum Gasteiger partial charge on any atom is -0.444 e. The van der Waals surface area contributed by atoms with Crippen LogP contribution in [-0.4, -0.2) is 30.8 Å². The molecule has 0 aromatic heterocycles. The zero-order valence-electron chi connectivity index (χ0n) is 12.0. The Labute approximate surface area is 110 Å². The molecule has 0 heterocycles. The van der Waals surface area contributed by atoms with Crippen LogP contribution >= 0.6 is 0 Å². The van der Waals surface area contributed by atoms with E-state index >= 15 is 0 Å². The van der Waals surface area contributed by atoms with Crippen molar-refractivity contribution in [1.82, 2.24) is 10.6 Å². The number of ether oxygens (including phenoxy) is 1. The molecule has 0 aliphatic heterocycles. The van der Waals surface area contributed by atoms with E-state index in [2.05, 4.69) is 22.8 Å². The van der Waals surface area contributed by atoms with Gasteiger partial charge in [0.05, 0.1) is 6.04 Å². The van der Waals surface area contributed by atoms with Crippen molar-refractivity contribution in [1.29, 1.82) is 0 Å². The van der Waals surface area contributed by atoms with Gasteiger partial charge in [0.1, 0.15) is 5.60 Å². The fourth-order valence-corrected chi connectivity index (χ4v) is 2.15. The van der Waals surface area contributed by atoms with Gasteiger partial charge in [-0.1, -0.05) is 12.2 Å². The van der Waals surface area contributed by atoms with E-state index in [0.29, 0.717) is 6.04 Å². The minimum absolute atomic E-state index is 0.0985. The highest BCUT2D eigenvalue weighted by Gasteiger charge is 2.24. The van der Waals surface area contributed by atoms with Crippen molar-refractivity contribution in [3.63, 3.8) is 0 Å². The number of carbonyl (C=O) groups is 1. The fourth-order valence-electron chi connectivity index (χ4n) is 2.15. The van der Waals surface area contributed by atoms with Gasteiger partial charge in [-0.25, -0.2) is 4.79 Å². The average Bonchev–Trinajstić information content (AvgIpc) is 2.20. The summed E-state index contributed by atoms with van der Waals surface area (Å²) in [5, 5.41) is 6.26. The van der Waals surface area contributed by atoms with Crippen LogP contribution in [0, 0.1) is 0 Å². The Morgan fingerprint density at radius 1 is 1.28 bits per heavy atom. The van der Waals surface area contributed by atoms with Crippen molar-refractivity contribution in [2.45, 2.75) is 64.1 Å². The van der Waals surface area contributed by atoms with E-state index in [0.717, 1.165) is 25.7 Å². The van der Waals surface area contributed by atoms with Gasteiger partial charge in [-0.15, -0.1) is 0 Å². The lowest BCUT2D eigenvalue weighted by Crippen LogP contribution is -2.50. The molecule has 18 heavy (non-hydrogen) atoms. The Morgan fingerprint density at radius 3 is 2.61 bits per heavy atom. The van der Waals surface area contributed by atoms with Crippen molar-refractivity contribution in [2.75, 3.05) is 7.05 Å². The molecule has 4 nitrogen and oxygen atoms in total. The average molecular weight is 254 g/mol. The van der Waals surface area contributed by atoms with Crippen molar-refractivity contribution >= 4 is 6.09 Å². The van der Waals surface area contributed by atoms with Crippen LogP contribution in [0.3, 0.4) is 0 Å². The van der Waals surface area contributed by atoms with Gasteiger partial charge in [0.2, 0.25) is 0 Å². The summed E-state index contributed by atoms with van der Waals surface area (Å²) >= 11 is 0. The first kappa shape index (κ1) is 15.0. The van der Waals surface area contributed by atoms with Crippen LogP contribution in [0.1, 0.15) is 46.5 Å². The van der Waals surface area contributed by atoms with Crippen LogP contribution < -0.4 is 10.6 Å². The first-order chi connectivity index (χ1) is 8.42. The molecule has 0 aromatic rings. The number of hydrogen-bond donors (Lipinski definition) is 2. The SMILES string of the molecule is CN[C@@H]1CCC/C=C/C[C@H]1NC(=O)OC(C)(C)C. The second-order valence-corrected chi connectivity index (χ2v) is 5.79. The lowest BCUT2D eigenvalue weighted by Gasteiger charge is -2.29. The summed E-state index contributed by atoms with van der Waals surface area (Å²) < 4.78 is 5.30. The number of carbonyl (C=O) groups excluding carboxylic acids is 1. The van der Waals surface area contributed by atoms with Gasteiger partial charge in [-0.2, -0.15) is 0 Å². The van der Waals surface area contributed by atoms with E-state index < -0.39 is 5.60 Å². The van der Waals surface area contributed by atoms with Crippen LogP contribution in [-0.2, 0) is 4.74 Å². The van der Waals surface area contributed by atoms with E-state index in [4.69, 9.17) is 4.74 Å². The number of alkyl carbamates (subject to hydrolysis) is 1. The highest BCUT2D eigenvalue weighted by Crippen LogP contribution is 2.14. The molecule has 1 amide bonds. The summed E-state index contributed by atoms with van der Waals surface area (Å²) in [6, 6.07) is 0.406. The molecule has 0 fully saturated rings. The molecule has 0 aromatic carbocycles. The van der Waals surface area contributed by atoms with E-state index in [1.807, 2.05) is 27.8 Å². The van der Waals surface area contributed by atoms with Gasteiger partial charge in [0, 0.05) is 6.04 Å². The fraction of sp³-hybridized carbons (Fsp3) is 0.786. The van der Waals surface area contributed by atoms with Crippen molar-refractivity contribution < 1.29 is 9.53 Å². The molecule has 0 bridgehead atoms. The zero-order valence-corrected chi connectivity index (χ0v) is 12.0. The highest BCUT2D eigenvalue weighted by molar-refractivity contribution is 5.68. The molecule has 0 saturated carbocycles. The standard InChI is InChI=1S/C14H26N2O2/c1-14(2,3)18-13(17)16-12-10-8-6-5-7-9-11(12)15-4/h6,8,11-12,15H,5,7,9-10H2,1-4H3,(H,16,17)/b8-6+/t11-,12-/m1/s1. The molecule has 0 saturated heterocycles. The molecule has 4 heteroatoms. The van der Waals surface area contributed by atoms with Gasteiger partial charge >= 0.3 is 6.09 Å². The topological polar surface area (TPSA) is 50.4 Å². The van der Waals surface area contributed by atoms with E-state index in [-0.39, 0.29) is 12.1 Å². The Balaban J connectivity index is 2.57. The predicted molar refractivity (Wildman–Crippen MR) is 73.6 cm³/mol. The lowest BCUT2D eigenvalue weighted by molar-refractivity contribution is 0.0492. The second-order valence-electron chi connectivity index (χ2n) is 5.79. The quantitative estimate of drug-likeness (QED) is 0.745. The molecular formula is C14H26N2O2. The Morgan fingerprint density at radius 2 is 2.00 bits per heavy atom. The Hall–Kier alpha value is -1.03. The van der Waals surface area contributed by atoms with E-state index in [9.17, 15) is 4.79 Å². The molecular weight excluding hydrogens is 228 g/mol. The minimum atomic E-state index is -0.448. The first-order valence-corrected chi connectivity index (χ1v) is 6.74. The van der Waals surface area contributed by atoms with Crippen LogP contribution in [0.4, 0.5) is 4.79 Å². The Kier molecular flexibility index (Phi) is 5.66. The maximum absolute atomic E-state index is 11.8. The number of rotatable bonds is 2. The third kappa shape index (κ3) is 5.54. The number of amides is 1. The monoisotopic (exact) mass is 254 g/mol. The normalized spacial score (nSPS) is 26.9. The van der Waals surface area contributed by atoms with Gasteiger partial charge in [0.15, 0.2) is 0 Å². The van der Waals surface area contributed by atoms with Crippen molar-refractivity contribution in [2.24, 2.45) is 0 Å². The van der Waals surface area contributed by atoms with E-state index in [1.165, 1.54) is 0 Å². The van der Waals surface area contributed by atoms with Crippen molar-refractivity contribution in [3.05, 3.63) is 12.2 Å². The van der Waals surface area contributed by atoms with Crippen LogP contribution in [0.25, 0.3) is 0 Å². The van der Waals surface area contributed by atoms with Gasteiger partial charge in [-0.3, -0.25) is 0 Å². The molecule has 0 radical (unpaired) electrons. The van der Waals surface area contributed by atoms with Crippen molar-refractivity contribution in [3.8, 4) is 0 Å². The molecule has 2 N–H and O–H groups in total. The molecule has 1 aliphatic rings. The molecule has 2 atom stereocenters. The maximum atomic E-state index is 11.8. The smallest absolute Gasteiger partial charge is 0.407 e. The summed E-state index contributed by atoms with van der Waals surface area (Å²) in [6.07, 6.45) is 8.20. The Bertz CT molecular complexity index is 295. The molecule has 1 rings (SSSR count).